The van der Waals surface area contributed by atoms with Gasteiger partial charge in [0.05, 0.1) is 37.2 Å². The van der Waals surface area contributed by atoms with Crippen molar-refractivity contribution in [2.45, 2.75) is 19.1 Å². The molecule has 0 bridgehead atoms. The minimum absolute atomic E-state index is 0.128. The monoisotopic (exact) mass is 363 g/mol. The Morgan fingerprint density at radius 2 is 2.16 bits per heavy atom. The maximum absolute atomic E-state index is 14.6. The third-order valence-corrected chi connectivity index (χ3v) is 5.67. The fraction of sp³-hybridized carbons (Fsp3) is 0.438. The van der Waals surface area contributed by atoms with Gasteiger partial charge in [0.2, 0.25) is 0 Å². The van der Waals surface area contributed by atoms with Gasteiger partial charge in [0.25, 0.3) is 0 Å². The number of nitrogens with zero attached hydrogens (tertiary/aromatic N) is 5. The molecule has 0 saturated carbocycles. The van der Waals surface area contributed by atoms with Crippen molar-refractivity contribution in [3.8, 4) is 0 Å². The van der Waals surface area contributed by atoms with Crippen molar-refractivity contribution >= 4 is 22.6 Å². The van der Waals surface area contributed by atoms with Crippen molar-refractivity contribution in [3.05, 3.63) is 42.0 Å². The van der Waals surface area contributed by atoms with Crippen LogP contribution >= 0.6 is 0 Å². The van der Waals surface area contributed by atoms with Crippen LogP contribution in [0.5, 0.6) is 0 Å². The predicted octanol–water partition coefficient (Wildman–Crippen LogP) is 1.18. The first kappa shape index (κ1) is 16.3. The molecule has 2 aromatic rings. The Hall–Kier alpha value is -2.13. The third kappa shape index (κ3) is 3.62. The smallest absolute Gasteiger partial charge is 0.152 e. The Bertz CT molecular complexity index is 762. The summed E-state index contributed by atoms with van der Waals surface area (Å²) in [6, 6.07) is 5.14. The molecule has 0 aliphatic carbocycles. The van der Waals surface area contributed by atoms with Crippen molar-refractivity contribution in [2.75, 3.05) is 29.5 Å². The zero-order chi connectivity index (χ0) is 17.2. The molecule has 1 aromatic heterocycles. The molecule has 0 amide bonds. The molecular formula is C16H18FN5O2S. The second kappa shape index (κ2) is 7.01. The van der Waals surface area contributed by atoms with Crippen LogP contribution in [0.3, 0.4) is 0 Å². The summed E-state index contributed by atoms with van der Waals surface area (Å²) in [6.45, 7) is 1.79. The van der Waals surface area contributed by atoms with Crippen molar-refractivity contribution in [1.82, 2.24) is 15.0 Å². The number of oxime groups is 1. The molecule has 1 fully saturated rings. The van der Waals surface area contributed by atoms with E-state index in [0.29, 0.717) is 43.2 Å². The summed E-state index contributed by atoms with van der Waals surface area (Å²) >= 11 is -0.777. The van der Waals surface area contributed by atoms with Crippen LogP contribution in [-0.2, 0) is 22.6 Å². The summed E-state index contributed by atoms with van der Waals surface area (Å²) in [5.41, 5.74) is 2.01. The molecule has 2 aliphatic rings. The Morgan fingerprint density at radius 3 is 2.88 bits per heavy atom. The second-order valence-corrected chi connectivity index (χ2v) is 7.79. The molecule has 132 valence electrons. The van der Waals surface area contributed by atoms with E-state index in [4.69, 9.17) is 4.84 Å². The minimum atomic E-state index is -0.777. The van der Waals surface area contributed by atoms with Crippen LogP contribution in [0.4, 0.5) is 10.1 Å². The number of rotatable bonds is 4. The molecular weight excluding hydrogens is 345 g/mol. The highest BCUT2D eigenvalue weighted by atomic mass is 32.2. The normalized spacial score (nSPS) is 21.3. The summed E-state index contributed by atoms with van der Waals surface area (Å²) in [5, 5.41) is 11.8. The highest BCUT2D eigenvalue weighted by molar-refractivity contribution is 7.91. The molecule has 0 N–H and O–H groups in total. The average molecular weight is 363 g/mol. The maximum atomic E-state index is 14.6. The van der Waals surface area contributed by atoms with Crippen LogP contribution in [0.15, 0.2) is 35.7 Å². The number of benzene rings is 1. The highest BCUT2D eigenvalue weighted by Crippen LogP contribution is 2.25. The lowest BCUT2D eigenvalue weighted by molar-refractivity contribution is 0.0693. The van der Waals surface area contributed by atoms with Crippen LogP contribution in [0, 0.1) is 5.82 Å². The first-order valence-electron chi connectivity index (χ1n) is 8.15. The molecule has 0 radical (unpaired) electrons. The number of anilines is 1. The molecule has 9 heteroatoms. The summed E-state index contributed by atoms with van der Waals surface area (Å²) in [6.07, 6.45) is 3.85. The van der Waals surface area contributed by atoms with Crippen LogP contribution in [0.1, 0.15) is 12.0 Å². The number of halogens is 1. The third-order valence-electron chi connectivity index (χ3n) is 4.39. The van der Waals surface area contributed by atoms with E-state index in [0.717, 1.165) is 11.3 Å². The molecule has 1 unspecified atom stereocenters. The lowest BCUT2D eigenvalue weighted by atomic mass is 10.0. The van der Waals surface area contributed by atoms with Crippen molar-refractivity contribution in [1.29, 1.82) is 0 Å². The van der Waals surface area contributed by atoms with Gasteiger partial charge in [-0.2, -0.15) is 0 Å². The van der Waals surface area contributed by atoms with E-state index in [1.54, 1.807) is 23.1 Å². The van der Waals surface area contributed by atoms with E-state index >= 15 is 0 Å². The zero-order valence-corrected chi connectivity index (χ0v) is 14.4. The van der Waals surface area contributed by atoms with Gasteiger partial charge in [-0.1, -0.05) is 27.6 Å². The van der Waals surface area contributed by atoms with Crippen molar-refractivity contribution in [2.24, 2.45) is 5.16 Å². The Labute approximate surface area is 147 Å². The first-order valence-corrected chi connectivity index (χ1v) is 9.64. The summed E-state index contributed by atoms with van der Waals surface area (Å²) in [5.74, 6) is 0.893. The maximum Gasteiger partial charge on any atom is 0.152 e. The molecule has 25 heavy (non-hydrogen) atoms. The number of hydrogen-bond donors (Lipinski definition) is 0. The predicted molar refractivity (Wildman–Crippen MR) is 92.5 cm³/mol. The van der Waals surface area contributed by atoms with Crippen LogP contribution in [0.2, 0.25) is 0 Å². The van der Waals surface area contributed by atoms with E-state index in [9.17, 15) is 8.94 Å². The SMILES string of the molecule is [O-][S+]1CCN(c2ccc(C3=NOC(Cn4ccnn4)C3)cc2F)CC1. The quantitative estimate of drug-likeness (QED) is 0.762. The van der Waals surface area contributed by atoms with Gasteiger partial charge >= 0.3 is 0 Å². The van der Waals surface area contributed by atoms with E-state index in [2.05, 4.69) is 15.5 Å². The van der Waals surface area contributed by atoms with Gasteiger partial charge in [-0.3, -0.25) is 0 Å². The molecule has 4 rings (SSSR count). The molecule has 0 spiro atoms. The molecule has 1 saturated heterocycles. The second-order valence-electron chi connectivity index (χ2n) is 6.10. The van der Waals surface area contributed by atoms with Gasteiger partial charge in [0.15, 0.2) is 6.10 Å². The fourth-order valence-corrected chi connectivity index (χ4v) is 4.11. The lowest BCUT2D eigenvalue weighted by Crippen LogP contribution is -2.40. The zero-order valence-electron chi connectivity index (χ0n) is 13.5. The van der Waals surface area contributed by atoms with Gasteiger partial charge in [-0.15, -0.1) is 5.10 Å². The molecule has 1 atom stereocenters. The number of hydrogen-bond acceptors (Lipinski definition) is 6. The molecule has 2 aliphatic heterocycles. The Balaban J connectivity index is 1.42. The number of aromatic nitrogens is 3. The largest absolute Gasteiger partial charge is 0.616 e. The summed E-state index contributed by atoms with van der Waals surface area (Å²) < 4.78 is 27.7. The van der Waals surface area contributed by atoms with Crippen LogP contribution < -0.4 is 4.90 Å². The van der Waals surface area contributed by atoms with Gasteiger partial charge in [-0.05, 0) is 12.1 Å². The first-order chi connectivity index (χ1) is 12.2. The van der Waals surface area contributed by atoms with Crippen molar-refractivity contribution in [3.63, 3.8) is 0 Å². The van der Waals surface area contributed by atoms with E-state index in [1.807, 2.05) is 11.0 Å². The molecule has 7 nitrogen and oxygen atoms in total. The Morgan fingerprint density at radius 1 is 1.32 bits per heavy atom. The van der Waals surface area contributed by atoms with Gasteiger partial charge in [0, 0.05) is 18.2 Å². The summed E-state index contributed by atoms with van der Waals surface area (Å²) in [4.78, 5) is 7.37. The lowest BCUT2D eigenvalue weighted by Gasteiger charge is -2.30. The van der Waals surface area contributed by atoms with Crippen molar-refractivity contribution < 1.29 is 13.8 Å². The topological polar surface area (TPSA) is 78.6 Å². The van der Waals surface area contributed by atoms with Crippen LogP contribution in [-0.4, -0.2) is 56.0 Å². The summed E-state index contributed by atoms with van der Waals surface area (Å²) in [7, 11) is 0. The molecule has 1 aromatic carbocycles. The van der Waals surface area contributed by atoms with E-state index in [-0.39, 0.29) is 11.9 Å². The van der Waals surface area contributed by atoms with E-state index in [1.165, 1.54) is 6.07 Å². The molecule has 3 heterocycles. The van der Waals surface area contributed by atoms with Gasteiger partial charge < -0.3 is 14.3 Å². The highest BCUT2D eigenvalue weighted by Gasteiger charge is 2.25. The Kier molecular flexibility index (Phi) is 4.58. The average Bonchev–Trinajstić information content (AvgIpc) is 3.28. The fourth-order valence-electron chi connectivity index (χ4n) is 3.06. The van der Waals surface area contributed by atoms with E-state index < -0.39 is 11.2 Å². The standard InChI is InChI=1S/C16H18FN5O2S/c17-14-9-12(1-2-16(14)21-5-7-25(23)8-6-21)15-10-13(24-19-15)11-22-4-3-18-20-22/h1-4,9,13H,5-8,10-11H2. The minimum Gasteiger partial charge on any atom is -0.616 e. The van der Waals surface area contributed by atoms with Gasteiger partial charge in [-0.25, -0.2) is 9.07 Å². The van der Waals surface area contributed by atoms with Crippen LogP contribution in [0.25, 0.3) is 0 Å². The van der Waals surface area contributed by atoms with Gasteiger partial charge in [0.1, 0.15) is 17.3 Å².